The summed E-state index contributed by atoms with van der Waals surface area (Å²) in [6, 6.07) is 30.2. The molecule has 6 rings (SSSR count). The van der Waals surface area contributed by atoms with Crippen molar-refractivity contribution in [3.8, 4) is 33.5 Å². The van der Waals surface area contributed by atoms with Crippen molar-refractivity contribution in [3.05, 3.63) is 154 Å². The molecule has 212 valence electrons. The Balaban J connectivity index is 1.36. The SMILES string of the molecule is C/C(=C\C=C(/C)C1=C(c2cc(Br)cc(-c3ccccc3-c3ccc(-c4ccccn4)cc3)c2)C=CCC1)C1=NC=CCC1. The number of benzene rings is 3. The van der Waals surface area contributed by atoms with Crippen LogP contribution in [0, 0.1) is 0 Å². The molecule has 0 atom stereocenters. The molecule has 0 N–H and O–H groups in total. The highest BCUT2D eigenvalue weighted by Crippen LogP contribution is 2.39. The molecular formula is C40H35BrN2. The molecule has 2 heterocycles. The van der Waals surface area contributed by atoms with Crippen molar-refractivity contribution in [1.82, 2.24) is 4.98 Å². The molecule has 0 saturated carbocycles. The second-order valence-corrected chi connectivity index (χ2v) is 12.0. The first kappa shape index (κ1) is 28.8. The lowest BCUT2D eigenvalue weighted by Gasteiger charge is -2.19. The Labute approximate surface area is 263 Å². The van der Waals surface area contributed by atoms with Gasteiger partial charge in [0.05, 0.1) is 5.69 Å². The van der Waals surface area contributed by atoms with E-state index in [9.17, 15) is 0 Å². The van der Waals surface area contributed by atoms with E-state index in [4.69, 9.17) is 0 Å². The second kappa shape index (κ2) is 13.3. The van der Waals surface area contributed by atoms with E-state index >= 15 is 0 Å². The zero-order chi connectivity index (χ0) is 29.6. The fraction of sp³-hybridized carbons (Fsp3) is 0.150. The number of aromatic nitrogens is 1. The summed E-state index contributed by atoms with van der Waals surface area (Å²) in [5, 5.41) is 0. The van der Waals surface area contributed by atoms with Gasteiger partial charge in [-0.25, -0.2) is 0 Å². The van der Waals surface area contributed by atoms with Gasteiger partial charge in [0.2, 0.25) is 0 Å². The van der Waals surface area contributed by atoms with Gasteiger partial charge in [-0.2, -0.15) is 0 Å². The zero-order valence-electron chi connectivity index (χ0n) is 24.7. The summed E-state index contributed by atoms with van der Waals surface area (Å²) in [7, 11) is 0. The van der Waals surface area contributed by atoms with Gasteiger partial charge in [-0.1, -0.05) is 101 Å². The van der Waals surface area contributed by atoms with Crippen molar-refractivity contribution in [2.24, 2.45) is 4.99 Å². The van der Waals surface area contributed by atoms with Crippen LogP contribution in [0.25, 0.3) is 39.1 Å². The predicted molar refractivity (Wildman–Crippen MR) is 187 cm³/mol. The van der Waals surface area contributed by atoms with Crippen molar-refractivity contribution in [2.45, 2.75) is 39.5 Å². The summed E-state index contributed by atoms with van der Waals surface area (Å²) in [6.45, 7) is 4.41. The Hall–Kier alpha value is -4.34. The van der Waals surface area contributed by atoms with Crippen molar-refractivity contribution >= 4 is 27.2 Å². The lowest BCUT2D eigenvalue weighted by molar-refractivity contribution is 0.974. The molecule has 0 spiro atoms. The predicted octanol–water partition coefficient (Wildman–Crippen LogP) is 11.6. The van der Waals surface area contributed by atoms with E-state index in [-0.39, 0.29) is 0 Å². The van der Waals surface area contributed by atoms with Crippen LogP contribution in [-0.2, 0) is 0 Å². The van der Waals surface area contributed by atoms with Crippen molar-refractivity contribution < 1.29 is 0 Å². The summed E-state index contributed by atoms with van der Waals surface area (Å²) in [4.78, 5) is 9.10. The minimum absolute atomic E-state index is 0.985. The molecule has 0 unspecified atom stereocenters. The number of allylic oxidation sites excluding steroid dienone is 9. The summed E-state index contributed by atoms with van der Waals surface area (Å²) in [5.41, 5.74) is 14.6. The third-order valence-corrected chi connectivity index (χ3v) is 8.63. The maximum atomic E-state index is 4.58. The Morgan fingerprint density at radius 3 is 2.14 bits per heavy atom. The number of aliphatic imine (C=N–C) groups is 1. The summed E-state index contributed by atoms with van der Waals surface area (Å²) < 4.78 is 1.08. The third kappa shape index (κ3) is 6.68. The molecule has 0 radical (unpaired) electrons. The summed E-state index contributed by atoms with van der Waals surface area (Å²) in [6.07, 6.45) is 19.2. The van der Waals surface area contributed by atoms with E-state index in [0.29, 0.717) is 0 Å². The largest absolute Gasteiger partial charge is 0.261 e. The molecule has 0 amide bonds. The van der Waals surface area contributed by atoms with Gasteiger partial charge in [-0.05, 0) is 120 Å². The fourth-order valence-corrected chi connectivity index (χ4v) is 6.33. The van der Waals surface area contributed by atoms with Crippen molar-refractivity contribution in [3.63, 3.8) is 0 Å². The monoisotopic (exact) mass is 622 g/mol. The van der Waals surface area contributed by atoms with Gasteiger partial charge in [0.1, 0.15) is 0 Å². The van der Waals surface area contributed by atoms with E-state index in [0.717, 1.165) is 41.4 Å². The lowest BCUT2D eigenvalue weighted by Crippen LogP contribution is -2.02. The van der Waals surface area contributed by atoms with Gasteiger partial charge in [0.15, 0.2) is 0 Å². The first-order valence-corrected chi connectivity index (χ1v) is 15.8. The van der Waals surface area contributed by atoms with Gasteiger partial charge in [0.25, 0.3) is 0 Å². The number of halogens is 1. The number of nitrogens with zero attached hydrogens (tertiary/aromatic N) is 2. The smallest absolute Gasteiger partial charge is 0.0701 e. The molecule has 0 fully saturated rings. The average molecular weight is 624 g/mol. The average Bonchev–Trinajstić information content (AvgIpc) is 3.07. The Kier molecular flexibility index (Phi) is 8.91. The van der Waals surface area contributed by atoms with E-state index < -0.39 is 0 Å². The van der Waals surface area contributed by atoms with Crippen LogP contribution < -0.4 is 0 Å². The molecule has 1 aromatic heterocycles. The van der Waals surface area contributed by atoms with E-state index in [1.165, 1.54) is 55.8 Å². The van der Waals surface area contributed by atoms with Gasteiger partial charge in [0, 0.05) is 28.1 Å². The number of hydrogen-bond acceptors (Lipinski definition) is 2. The highest BCUT2D eigenvalue weighted by atomic mass is 79.9. The second-order valence-electron chi connectivity index (χ2n) is 11.1. The molecule has 2 nitrogen and oxygen atoms in total. The third-order valence-electron chi connectivity index (χ3n) is 8.17. The highest BCUT2D eigenvalue weighted by Gasteiger charge is 2.15. The molecule has 3 heteroatoms. The van der Waals surface area contributed by atoms with Crippen molar-refractivity contribution in [1.29, 1.82) is 0 Å². The van der Waals surface area contributed by atoms with E-state index in [1.54, 1.807) is 0 Å². The number of pyridine rings is 1. The minimum Gasteiger partial charge on any atom is -0.261 e. The first-order chi connectivity index (χ1) is 21.1. The maximum Gasteiger partial charge on any atom is 0.0701 e. The maximum absolute atomic E-state index is 4.58. The molecule has 4 aromatic rings. The number of hydrogen-bond donors (Lipinski definition) is 0. The van der Waals surface area contributed by atoms with Crippen LogP contribution in [0.5, 0.6) is 0 Å². The molecular weight excluding hydrogens is 588 g/mol. The van der Waals surface area contributed by atoms with Crippen LogP contribution in [0.1, 0.15) is 45.1 Å². The fourth-order valence-electron chi connectivity index (χ4n) is 5.83. The lowest BCUT2D eigenvalue weighted by atomic mass is 9.86. The van der Waals surface area contributed by atoms with Gasteiger partial charge in [-0.15, -0.1) is 0 Å². The van der Waals surface area contributed by atoms with Crippen LogP contribution in [0.2, 0.25) is 0 Å². The molecule has 43 heavy (non-hydrogen) atoms. The minimum atomic E-state index is 0.985. The van der Waals surface area contributed by atoms with Crippen LogP contribution in [0.4, 0.5) is 0 Å². The van der Waals surface area contributed by atoms with Gasteiger partial charge in [-0.3, -0.25) is 9.98 Å². The first-order valence-electron chi connectivity index (χ1n) is 15.0. The molecule has 1 aliphatic carbocycles. The quantitative estimate of drug-likeness (QED) is 0.188. The Bertz CT molecular complexity index is 1820. The summed E-state index contributed by atoms with van der Waals surface area (Å²) >= 11 is 3.85. The molecule has 1 aliphatic heterocycles. The van der Waals surface area contributed by atoms with Gasteiger partial charge >= 0.3 is 0 Å². The number of rotatable bonds is 7. The Morgan fingerprint density at radius 1 is 0.698 bits per heavy atom. The van der Waals surface area contributed by atoms with Crippen LogP contribution in [0.15, 0.2) is 154 Å². The normalized spacial score (nSPS) is 15.6. The molecule has 3 aromatic carbocycles. The topological polar surface area (TPSA) is 25.2 Å². The molecule has 0 bridgehead atoms. The van der Waals surface area contributed by atoms with Crippen molar-refractivity contribution in [2.75, 3.05) is 0 Å². The Morgan fingerprint density at radius 2 is 1.40 bits per heavy atom. The van der Waals surface area contributed by atoms with Crippen LogP contribution in [-0.4, -0.2) is 10.7 Å². The summed E-state index contributed by atoms with van der Waals surface area (Å²) in [5.74, 6) is 0. The van der Waals surface area contributed by atoms with Gasteiger partial charge < -0.3 is 0 Å². The van der Waals surface area contributed by atoms with Crippen LogP contribution >= 0.6 is 15.9 Å². The van der Waals surface area contributed by atoms with E-state index in [2.05, 4.69) is 137 Å². The van der Waals surface area contributed by atoms with E-state index in [1.807, 2.05) is 30.6 Å². The standard InChI is InChI=1S/C40H35BrN2/c1-28(17-18-29(2)39-15-7-9-23-42-39)35-11-3-4-13-37(35)32-25-33(27-34(41)26-32)38-14-6-5-12-36(38)30-19-21-31(22-20-30)40-16-8-10-24-43-40/h4-6,8-10,12-14,16-27H,3,7,11,15H2,1-2H3/b28-17+,29-18+. The molecule has 0 saturated heterocycles. The zero-order valence-corrected chi connectivity index (χ0v) is 26.3. The van der Waals surface area contributed by atoms with Crippen LogP contribution in [0.3, 0.4) is 0 Å². The molecule has 2 aliphatic rings. The highest BCUT2D eigenvalue weighted by molar-refractivity contribution is 9.10.